The van der Waals surface area contributed by atoms with Gasteiger partial charge < -0.3 is 28.5 Å². The highest BCUT2D eigenvalue weighted by Gasteiger charge is 2.27. The number of phosphoric ester groups is 1. The standard InChI is InChI=1S/C73H129N2O7P/c1-7-10-13-16-19-22-25-27-29-31-33-34-35-36-37-38-39-40-42-43-45-47-50-53-56-59-62-65-72(76)74-70(69-81-83(78,79)80-68-67-75(4,5)6)71(64-61-58-55-52-49-24-21-18-15-12-9-3)82-73(77)66-63-60-57-54-51-48-46-44-41-32-30-28-26-23-20-17-14-11-8-2/h10,13,19-20,22-23,27-30,33-34,36-37,39-40,61,64,70-71H,7-9,11-12,14-18,21,24-26,31-32,35,38,41-60,62-63,65-69H2,1-6H3,(H-,74,76,78,79)/b13-10-,22-19-,23-20-,29-27-,30-28-,34-33-,37-36-,40-39-,64-61-. The molecule has 1 N–H and O–H groups in total. The normalized spacial score (nSPS) is 14.3. The van der Waals surface area contributed by atoms with Crippen molar-refractivity contribution in [2.75, 3.05) is 40.9 Å². The lowest BCUT2D eigenvalue weighted by Gasteiger charge is -2.30. The third kappa shape index (κ3) is 63.0. The Morgan fingerprint density at radius 2 is 0.771 bits per heavy atom. The Kier molecular flexibility index (Phi) is 59.3. The van der Waals surface area contributed by atoms with Crippen molar-refractivity contribution in [3.63, 3.8) is 0 Å². The van der Waals surface area contributed by atoms with E-state index in [1.807, 2.05) is 33.3 Å². The maximum absolute atomic E-state index is 13.6. The molecule has 0 spiro atoms. The minimum atomic E-state index is -4.71. The van der Waals surface area contributed by atoms with Gasteiger partial charge in [0.15, 0.2) is 0 Å². The molecule has 10 heteroatoms. The Labute approximate surface area is 512 Å². The molecule has 0 aromatic heterocycles. The molecule has 0 saturated carbocycles. The highest BCUT2D eigenvalue weighted by molar-refractivity contribution is 7.45. The molecule has 478 valence electrons. The number of quaternary nitrogens is 1. The van der Waals surface area contributed by atoms with Crippen LogP contribution in [0.25, 0.3) is 0 Å². The fourth-order valence-corrected chi connectivity index (χ4v) is 10.2. The number of esters is 1. The van der Waals surface area contributed by atoms with E-state index in [1.54, 1.807) is 0 Å². The van der Waals surface area contributed by atoms with Crippen molar-refractivity contribution in [2.24, 2.45) is 0 Å². The van der Waals surface area contributed by atoms with Crippen LogP contribution in [0.5, 0.6) is 0 Å². The maximum atomic E-state index is 13.6. The molecule has 9 nitrogen and oxygen atoms in total. The van der Waals surface area contributed by atoms with E-state index >= 15 is 0 Å². The molecular formula is C73H129N2O7P. The first kappa shape index (κ1) is 79.7. The number of rotatable bonds is 61. The number of phosphoric acid groups is 1. The summed E-state index contributed by atoms with van der Waals surface area (Å²) >= 11 is 0. The molecule has 3 atom stereocenters. The number of nitrogens with one attached hydrogen (secondary N) is 1. The first-order valence-electron chi connectivity index (χ1n) is 34.2. The molecule has 3 unspecified atom stereocenters. The molecule has 0 aliphatic carbocycles. The Bertz CT molecular complexity index is 1790. The van der Waals surface area contributed by atoms with Gasteiger partial charge in [-0.3, -0.25) is 14.2 Å². The van der Waals surface area contributed by atoms with Crippen LogP contribution < -0.4 is 10.2 Å². The minimum Gasteiger partial charge on any atom is -0.756 e. The Morgan fingerprint density at radius 1 is 0.434 bits per heavy atom. The van der Waals surface area contributed by atoms with Crippen molar-refractivity contribution in [1.29, 1.82) is 0 Å². The van der Waals surface area contributed by atoms with Crippen LogP contribution in [0.2, 0.25) is 0 Å². The molecule has 0 saturated heterocycles. The Balaban J connectivity index is 5.09. The summed E-state index contributed by atoms with van der Waals surface area (Å²) in [6.45, 7) is 6.70. The summed E-state index contributed by atoms with van der Waals surface area (Å²) in [4.78, 5) is 40.1. The lowest BCUT2D eigenvalue weighted by atomic mass is 10.0. The van der Waals surface area contributed by atoms with E-state index in [4.69, 9.17) is 13.8 Å². The molecule has 0 bridgehead atoms. The largest absolute Gasteiger partial charge is 0.756 e. The molecule has 0 aliphatic rings. The average molecular weight is 1180 g/mol. The van der Waals surface area contributed by atoms with Crippen LogP contribution in [0.3, 0.4) is 0 Å². The maximum Gasteiger partial charge on any atom is 0.306 e. The van der Waals surface area contributed by atoms with E-state index in [1.165, 1.54) is 128 Å². The smallest absolute Gasteiger partial charge is 0.306 e. The van der Waals surface area contributed by atoms with Gasteiger partial charge >= 0.3 is 5.97 Å². The van der Waals surface area contributed by atoms with Crippen molar-refractivity contribution < 1.29 is 37.3 Å². The number of carbonyl (C=O) groups is 2. The number of amides is 1. The summed E-state index contributed by atoms with van der Waals surface area (Å²) in [5, 5.41) is 3.03. The molecule has 1 amide bonds. The molecule has 0 radical (unpaired) electrons. The molecule has 0 fully saturated rings. The second-order valence-corrected chi connectivity index (χ2v) is 25.4. The molecule has 0 aromatic rings. The number of carbonyl (C=O) groups excluding carboxylic acids is 2. The van der Waals surface area contributed by atoms with Crippen LogP contribution >= 0.6 is 7.82 Å². The molecule has 83 heavy (non-hydrogen) atoms. The van der Waals surface area contributed by atoms with E-state index in [0.29, 0.717) is 17.4 Å². The summed E-state index contributed by atoms with van der Waals surface area (Å²) in [6, 6.07) is -0.902. The SMILES string of the molecule is CC/C=C\C/C=C\C/C=C\C/C=C\C/C=C\C/C=C\CCCCCCCCCCC(=O)NC(COP(=O)([O-])OCC[N+](C)(C)C)C(/C=C\CCCCCCCCCCC)OC(=O)CCCCCCCCCCC/C=C\C/C=C\CCCCC. The predicted molar refractivity (Wildman–Crippen MR) is 357 cm³/mol. The van der Waals surface area contributed by atoms with Gasteiger partial charge in [0.1, 0.15) is 19.3 Å². The van der Waals surface area contributed by atoms with E-state index in [-0.39, 0.29) is 24.9 Å². The highest BCUT2D eigenvalue weighted by Crippen LogP contribution is 2.38. The van der Waals surface area contributed by atoms with Gasteiger partial charge in [0.2, 0.25) is 5.91 Å². The summed E-state index contributed by atoms with van der Waals surface area (Å²) in [7, 11) is 1.17. The van der Waals surface area contributed by atoms with Crippen LogP contribution in [0.1, 0.15) is 290 Å². The van der Waals surface area contributed by atoms with Crippen LogP contribution in [0.4, 0.5) is 0 Å². The summed E-state index contributed by atoms with van der Waals surface area (Å²) in [5.41, 5.74) is 0. The fraction of sp³-hybridized carbons (Fsp3) is 0.726. The van der Waals surface area contributed by atoms with Gasteiger partial charge in [-0.2, -0.15) is 0 Å². The molecule has 0 aliphatic heterocycles. The number of hydrogen-bond donors (Lipinski definition) is 1. The van der Waals surface area contributed by atoms with Gasteiger partial charge in [-0.05, 0) is 115 Å². The summed E-state index contributed by atoms with van der Waals surface area (Å²) < 4.78 is 30.4. The lowest BCUT2D eigenvalue weighted by molar-refractivity contribution is -0.870. The first-order valence-corrected chi connectivity index (χ1v) is 35.7. The highest BCUT2D eigenvalue weighted by atomic mass is 31.2. The zero-order valence-corrected chi connectivity index (χ0v) is 55.5. The summed E-state index contributed by atoms with van der Waals surface area (Å²) in [6.07, 6.45) is 84.9. The number of hydrogen-bond acceptors (Lipinski definition) is 7. The van der Waals surface area contributed by atoms with Crippen molar-refractivity contribution >= 4 is 19.7 Å². The van der Waals surface area contributed by atoms with Crippen LogP contribution in [-0.4, -0.2) is 69.4 Å². The summed E-state index contributed by atoms with van der Waals surface area (Å²) in [5.74, 6) is -0.557. The van der Waals surface area contributed by atoms with Crippen molar-refractivity contribution in [3.05, 3.63) is 109 Å². The van der Waals surface area contributed by atoms with E-state index in [2.05, 4.69) is 123 Å². The number of likely N-dealkylation sites (N-methyl/N-ethyl adjacent to an activating group) is 1. The predicted octanol–water partition coefficient (Wildman–Crippen LogP) is 21.0. The topological polar surface area (TPSA) is 114 Å². The molecule has 0 rings (SSSR count). The van der Waals surface area contributed by atoms with E-state index in [9.17, 15) is 19.0 Å². The first-order chi connectivity index (χ1) is 40.4. The number of nitrogens with zero attached hydrogens (tertiary/aromatic N) is 1. The molecule has 0 heterocycles. The Morgan fingerprint density at radius 3 is 1.18 bits per heavy atom. The molecular weight excluding hydrogens is 1050 g/mol. The van der Waals surface area contributed by atoms with E-state index < -0.39 is 26.6 Å². The van der Waals surface area contributed by atoms with Gasteiger partial charge in [0.05, 0.1) is 33.8 Å². The third-order valence-electron chi connectivity index (χ3n) is 14.7. The lowest BCUT2D eigenvalue weighted by Crippen LogP contribution is -2.47. The van der Waals surface area contributed by atoms with E-state index in [0.717, 1.165) is 128 Å². The van der Waals surface area contributed by atoms with Crippen LogP contribution in [0.15, 0.2) is 109 Å². The average Bonchev–Trinajstić information content (AvgIpc) is 3.51. The monoisotopic (exact) mass is 1180 g/mol. The van der Waals surface area contributed by atoms with Crippen molar-refractivity contribution in [2.45, 2.75) is 303 Å². The van der Waals surface area contributed by atoms with Gasteiger partial charge in [-0.15, -0.1) is 0 Å². The van der Waals surface area contributed by atoms with Crippen LogP contribution in [-0.2, 0) is 27.9 Å². The minimum absolute atomic E-state index is 0.0295. The van der Waals surface area contributed by atoms with Gasteiger partial charge in [0, 0.05) is 12.8 Å². The second kappa shape index (κ2) is 61.7. The van der Waals surface area contributed by atoms with Gasteiger partial charge in [0.25, 0.3) is 7.82 Å². The number of unbranched alkanes of at least 4 members (excludes halogenated alkanes) is 29. The molecule has 0 aromatic carbocycles. The Hall–Kier alpha value is -3.33. The van der Waals surface area contributed by atoms with Crippen molar-refractivity contribution in [1.82, 2.24) is 5.32 Å². The zero-order valence-electron chi connectivity index (χ0n) is 54.6. The number of allylic oxidation sites excluding steroid dienone is 17. The van der Waals surface area contributed by atoms with Gasteiger partial charge in [-0.25, -0.2) is 0 Å². The zero-order chi connectivity index (χ0) is 60.7. The second-order valence-electron chi connectivity index (χ2n) is 23.9. The van der Waals surface area contributed by atoms with Crippen LogP contribution in [0, 0.1) is 0 Å². The van der Waals surface area contributed by atoms with Gasteiger partial charge in [-0.1, -0.05) is 272 Å². The fourth-order valence-electron chi connectivity index (χ4n) is 9.44. The number of ether oxygens (including phenoxy) is 1. The van der Waals surface area contributed by atoms with Crippen molar-refractivity contribution in [3.8, 4) is 0 Å². The third-order valence-corrected chi connectivity index (χ3v) is 15.7. The quantitative estimate of drug-likeness (QED) is 0.0212.